The lowest BCUT2D eigenvalue weighted by Crippen LogP contribution is -1.86. The second-order valence-corrected chi connectivity index (χ2v) is 4.61. The van der Waals surface area contributed by atoms with E-state index in [1.807, 2.05) is 0 Å². The summed E-state index contributed by atoms with van der Waals surface area (Å²) in [5, 5.41) is 9.73. The van der Waals surface area contributed by atoms with Crippen molar-refractivity contribution in [2.24, 2.45) is 0 Å². The number of nitrogens with zero attached hydrogens (tertiary/aromatic N) is 2. The first-order chi connectivity index (χ1) is 8.15. The summed E-state index contributed by atoms with van der Waals surface area (Å²) in [4.78, 5) is 4.22. The monoisotopic (exact) mass is 312 g/mol. The predicted octanol–water partition coefficient (Wildman–Crippen LogP) is 3.72. The second-order valence-electron chi connectivity index (χ2n) is 3.47. The van der Waals surface area contributed by atoms with Crippen molar-refractivity contribution in [2.75, 3.05) is 0 Å². The van der Waals surface area contributed by atoms with E-state index in [1.54, 1.807) is 34.9 Å². The number of halogens is 2. The minimum absolute atomic E-state index is 0.145. The van der Waals surface area contributed by atoms with E-state index in [1.165, 1.54) is 0 Å². The van der Waals surface area contributed by atoms with Crippen molar-refractivity contribution in [1.82, 2.24) is 9.38 Å². The molecule has 0 saturated heterocycles. The first-order valence-corrected chi connectivity index (χ1v) is 5.94. The average molecular weight is 314 g/mol. The molecule has 3 heterocycles. The van der Waals surface area contributed by atoms with Gasteiger partial charge in [-0.2, -0.15) is 0 Å². The largest absolute Gasteiger partial charge is 0.508 e. The maximum Gasteiger partial charge on any atom is 0.182 e. The quantitative estimate of drug-likeness (QED) is 0.745. The van der Waals surface area contributed by atoms with Gasteiger partial charge >= 0.3 is 0 Å². The summed E-state index contributed by atoms with van der Waals surface area (Å²) in [6.07, 6.45) is 1.69. The van der Waals surface area contributed by atoms with Crippen LogP contribution in [0.5, 0.6) is 5.75 Å². The predicted molar refractivity (Wildman–Crippen MR) is 67.3 cm³/mol. The summed E-state index contributed by atoms with van der Waals surface area (Å²) in [5.74, 6) is 1.34. The molecular weight excluding hydrogens is 307 g/mol. The minimum Gasteiger partial charge on any atom is -0.508 e. The Morgan fingerprint density at radius 1 is 1.35 bits per heavy atom. The van der Waals surface area contributed by atoms with Gasteiger partial charge < -0.3 is 9.52 Å². The highest BCUT2D eigenvalue weighted by Gasteiger charge is 2.14. The molecule has 6 heteroatoms. The fourth-order valence-electron chi connectivity index (χ4n) is 1.64. The molecule has 0 spiro atoms. The zero-order chi connectivity index (χ0) is 12.0. The Balaban J connectivity index is 2.31. The van der Waals surface area contributed by atoms with Gasteiger partial charge in [0, 0.05) is 12.3 Å². The van der Waals surface area contributed by atoms with Crippen LogP contribution < -0.4 is 0 Å². The third kappa shape index (κ3) is 1.71. The number of hydrogen-bond donors (Lipinski definition) is 1. The van der Waals surface area contributed by atoms with E-state index < -0.39 is 0 Å². The average Bonchev–Trinajstić information content (AvgIpc) is 2.84. The van der Waals surface area contributed by atoms with Gasteiger partial charge in [0.2, 0.25) is 0 Å². The zero-order valence-electron chi connectivity index (χ0n) is 8.39. The van der Waals surface area contributed by atoms with E-state index in [9.17, 15) is 5.11 Å². The van der Waals surface area contributed by atoms with Crippen LogP contribution in [0.25, 0.3) is 17.1 Å². The van der Waals surface area contributed by atoms with Crippen LogP contribution in [0.1, 0.15) is 0 Å². The molecule has 3 rings (SSSR count). The van der Waals surface area contributed by atoms with Gasteiger partial charge in [-0.3, -0.25) is 4.40 Å². The standard InChI is InChI=1S/C11H6BrClN2O2/c12-9-2-1-8(17-9)11-14-10(13)7-5-6(16)3-4-15(7)11/h1-5,16H. The van der Waals surface area contributed by atoms with E-state index in [4.69, 9.17) is 16.0 Å². The smallest absolute Gasteiger partial charge is 0.182 e. The molecule has 1 N–H and O–H groups in total. The maximum atomic E-state index is 9.41. The lowest BCUT2D eigenvalue weighted by Gasteiger charge is -1.98. The molecule has 0 saturated carbocycles. The van der Waals surface area contributed by atoms with Gasteiger partial charge in [0.05, 0.1) is 5.52 Å². The van der Waals surface area contributed by atoms with Crippen molar-refractivity contribution in [3.8, 4) is 17.3 Å². The van der Waals surface area contributed by atoms with E-state index >= 15 is 0 Å². The van der Waals surface area contributed by atoms with Gasteiger partial charge in [-0.05, 0) is 34.1 Å². The molecule has 0 unspecified atom stereocenters. The van der Waals surface area contributed by atoms with Crippen LogP contribution in [0.2, 0.25) is 5.15 Å². The highest BCUT2D eigenvalue weighted by atomic mass is 79.9. The van der Waals surface area contributed by atoms with Crippen molar-refractivity contribution in [1.29, 1.82) is 0 Å². The molecule has 4 nitrogen and oxygen atoms in total. The molecule has 0 fully saturated rings. The van der Waals surface area contributed by atoms with Crippen LogP contribution in [-0.2, 0) is 0 Å². The summed E-state index contributed by atoms with van der Waals surface area (Å²) in [6.45, 7) is 0. The van der Waals surface area contributed by atoms with Crippen LogP contribution in [0, 0.1) is 0 Å². The fourth-order valence-corrected chi connectivity index (χ4v) is 2.18. The molecule has 0 aliphatic heterocycles. The van der Waals surface area contributed by atoms with Crippen LogP contribution in [0.4, 0.5) is 0 Å². The normalized spacial score (nSPS) is 11.2. The van der Waals surface area contributed by atoms with Crippen molar-refractivity contribution in [3.05, 3.63) is 40.3 Å². The van der Waals surface area contributed by atoms with Gasteiger partial charge in [-0.1, -0.05) is 11.6 Å². The number of pyridine rings is 1. The molecule has 0 aliphatic rings. The van der Waals surface area contributed by atoms with Gasteiger partial charge in [-0.25, -0.2) is 4.98 Å². The highest BCUT2D eigenvalue weighted by molar-refractivity contribution is 9.10. The summed E-state index contributed by atoms with van der Waals surface area (Å²) in [6, 6.07) is 6.69. The Morgan fingerprint density at radius 2 is 2.18 bits per heavy atom. The lowest BCUT2D eigenvalue weighted by molar-refractivity contribution is 0.475. The SMILES string of the molecule is Oc1ccn2c(-c3ccc(Br)o3)nc(Cl)c2c1. The second kappa shape index (κ2) is 3.78. The number of hydrogen-bond acceptors (Lipinski definition) is 3. The fraction of sp³-hybridized carbons (Fsp3) is 0. The molecule has 86 valence electrons. The van der Waals surface area contributed by atoms with Crippen LogP contribution in [-0.4, -0.2) is 14.5 Å². The summed E-state index contributed by atoms with van der Waals surface area (Å²) in [7, 11) is 0. The zero-order valence-corrected chi connectivity index (χ0v) is 10.7. The number of aromatic hydroxyl groups is 1. The van der Waals surface area contributed by atoms with Gasteiger partial charge in [0.15, 0.2) is 21.4 Å². The lowest BCUT2D eigenvalue weighted by atomic mass is 10.4. The number of furan rings is 1. The Bertz CT molecular complexity index is 705. The van der Waals surface area contributed by atoms with Gasteiger partial charge in [-0.15, -0.1) is 0 Å². The maximum absolute atomic E-state index is 9.41. The van der Waals surface area contributed by atoms with E-state index in [0.29, 0.717) is 26.9 Å². The number of rotatable bonds is 1. The Morgan fingerprint density at radius 3 is 2.88 bits per heavy atom. The van der Waals surface area contributed by atoms with E-state index in [2.05, 4.69) is 20.9 Å². The molecule has 0 bridgehead atoms. The van der Waals surface area contributed by atoms with Crippen molar-refractivity contribution >= 4 is 33.0 Å². The molecule has 17 heavy (non-hydrogen) atoms. The molecule has 3 aromatic rings. The molecule has 0 aromatic carbocycles. The summed E-state index contributed by atoms with van der Waals surface area (Å²) >= 11 is 9.25. The number of imidazole rings is 1. The Labute approximate surface area is 110 Å². The first kappa shape index (κ1) is 10.7. The number of aromatic nitrogens is 2. The molecule has 0 atom stereocenters. The first-order valence-electron chi connectivity index (χ1n) is 4.77. The topological polar surface area (TPSA) is 50.7 Å². The van der Waals surface area contributed by atoms with Crippen LogP contribution in [0.15, 0.2) is 39.5 Å². The summed E-state index contributed by atoms with van der Waals surface area (Å²) in [5.41, 5.74) is 0.634. The Kier molecular flexibility index (Phi) is 2.38. The van der Waals surface area contributed by atoms with E-state index in [0.717, 1.165) is 0 Å². The third-order valence-corrected chi connectivity index (χ3v) is 3.08. The molecule has 3 aromatic heterocycles. The molecular formula is C11H6BrClN2O2. The van der Waals surface area contributed by atoms with Crippen molar-refractivity contribution < 1.29 is 9.52 Å². The Hall–Kier alpha value is -1.46. The van der Waals surface area contributed by atoms with E-state index in [-0.39, 0.29) is 5.75 Å². The number of fused-ring (bicyclic) bond motifs is 1. The van der Waals surface area contributed by atoms with Gasteiger partial charge in [0.25, 0.3) is 0 Å². The van der Waals surface area contributed by atoms with Crippen molar-refractivity contribution in [2.45, 2.75) is 0 Å². The van der Waals surface area contributed by atoms with Crippen LogP contribution in [0.3, 0.4) is 0 Å². The molecule has 0 aliphatic carbocycles. The van der Waals surface area contributed by atoms with Gasteiger partial charge in [0.1, 0.15) is 5.75 Å². The van der Waals surface area contributed by atoms with Crippen LogP contribution >= 0.6 is 27.5 Å². The summed E-state index contributed by atoms with van der Waals surface area (Å²) < 4.78 is 7.81. The minimum atomic E-state index is 0.145. The molecule has 0 amide bonds. The molecule has 0 radical (unpaired) electrons. The highest BCUT2D eigenvalue weighted by Crippen LogP contribution is 2.29. The third-order valence-electron chi connectivity index (χ3n) is 2.38. The van der Waals surface area contributed by atoms with Crippen molar-refractivity contribution in [3.63, 3.8) is 0 Å².